The van der Waals surface area contributed by atoms with Gasteiger partial charge in [-0.1, -0.05) is 0 Å². The summed E-state index contributed by atoms with van der Waals surface area (Å²) in [6.45, 7) is -0.160. The molecule has 0 aliphatic rings. The molecule has 0 saturated heterocycles. The number of pyridine rings is 1. The van der Waals surface area contributed by atoms with Crippen molar-refractivity contribution in [3.8, 4) is 0 Å². The summed E-state index contributed by atoms with van der Waals surface area (Å²) >= 11 is 0. The Hall–Kier alpha value is -1.96. The summed E-state index contributed by atoms with van der Waals surface area (Å²) in [4.78, 5) is 18.5. The first-order chi connectivity index (χ1) is 8.46. The lowest BCUT2D eigenvalue weighted by Crippen LogP contribution is -2.25. The summed E-state index contributed by atoms with van der Waals surface area (Å²) in [5.41, 5.74) is -1.65. The van der Waals surface area contributed by atoms with E-state index < -0.39 is 23.2 Å². The minimum atomic E-state index is -4.63. The van der Waals surface area contributed by atoms with Crippen LogP contribution >= 0.6 is 0 Å². The molecule has 0 radical (unpaired) electrons. The molecule has 1 heterocycles. The van der Waals surface area contributed by atoms with Crippen LogP contribution in [-0.2, 0) is 6.18 Å². The van der Waals surface area contributed by atoms with E-state index in [0.29, 0.717) is 0 Å². The Bertz CT molecular complexity index is 446. The summed E-state index contributed by atoms with van der Waals surface area (Å²) in [7, 11) is 0. The number of aliphatic imine (C=N–C) groups is 1. The van der Waals surface area contributed by atoms with Gasteiger partial charge in [0.05, 0.1) is 30.6 Å². The number of carbonyl (C=O) groups excluding carboxylic acids is 1. The highest BCUT2D eigenvalue weighted by atomic mass is 19.4. The number of hydrogen-bond donors (Lipinski definition) is 2. The number of rotatable bonds is 4. The van der Waals surface area contributed by atoms with Crippen LogP contribution in [0.15, 0.2) is 23.5 Å². The number of nitrogens with one attached hydrogen (secondary N) is 1. The quantitative estimate of drug-likeness (QED) is 0.623. The minimum Gasteiger partial charge on any atom is -0.394 e. The maximum absolute atomic E-state index is 12.6. The van der Waals surface area contributed by atoms with Gasteiger partial charge in [-0.25, -0.2) is 0 Å². The van der Waals surface area contributed by atoms with Gasteiger partial charge in [0.2, 0.25) is 0 Å². The second kappa shape index (κ2) is 6.10. The lowest BCUT2D eigenvalue weighted by molar-refractivity contribution is -0.138. The molecule has 0 atom stereocenters. The van der Waals surface area contributed by atoms with Crippen molar-refractivity contribution in [2.24, 2.45) is 4.99 Å². The molecule has 1 amide bonds. The van der Waals surface area contributed by atoms with Crippen LogP contribution in [0.1, 0.15) is 15.9 Å². The number of alkyl halides is 3. The molecule has 0 aromatic carbocycles. The molecule has 8 heteroatoms. The maximum atomic E-state index is 12.6. The van der Waals surface area contributed by atoms with Crippen LogP contribution in [0.2, 0.25) is 0 Å². The predicted octanol–water partition coefficient (Wildman–Crippen LogP) is 0.851. The van der Waals surface area contributed by atoms with E-state index in [9.17, 15) is 18.0 Å². The largest absolute Gasteiger partial charge is 0.417 e. The van der Waals surface area contributed by atoms with E-state index >= 15 is 0 Å². The Balaban J connectivity index is 2.86. The third-order valence-corrected chi connectivity index (χ3v) is 1.89. The van der Waals surface area contributed by atoms with Gasteiger partial charge in [0.1, 0.15) is 0 Å². The monoisotopic (exact) mass is 261 g/mol. The number of nitrogens with zero attached hydrogens (tertiary/aromatic N) is 2. The zero-order valence-corrected chi connectivity index (χ0v) is 9.11. The molecule has 18 heavy (non-hydrogen) atoms. The molecule has 1 rings (SSSR count). The smallest absolute Gasteiger partial charge is 0.394 e. The molecule has 0 unspecified atom stereocenters. The van der Waals surface area contributed by atoms with E-state index in [4.69, 9.17) is 5.11 Å². The molecule has 0 saturated carbocycles. The van der Waals surface area contributed by atoms with Crippen molar-refractivity contribution in [1.29, 1.82) is 0 Å². The third kappa shape index (κ3) is 3.81. The summed E-state index contributed by atoms with van der Waals surface area (Å²) in [6, 6.07) is 0.722. The first-order valence-corrected chi connectivity index (χ1v) is 4.88. The molecule has 0 aliphatic carbocycles. The van der Waals surface area contributed by atoms with E-state index in [0.717, 1.165) is 24.8 Å². The van der Waals surface area contributed by atoms with Crippen LogP contribution in [0.25, 0.3) is 0 Å². The van der Waals surface area contributed by atoms with Crippen molar-refractivity contribution < 1.29 is 23.1 Å². The van der Waals surface area contributed by atoms with Gasteiger partial charge in [-0.2, -0.15) is 13.2 Å². The highest BCUT2D eigenvalue weighted by Crippen LogP contribution is 2.31. The Labute approximate surface area is 100 Å². The predicted molar refractivity (Wildman–Crippen MR) is 57.2 cm³/mol. The molecule has 0 aliphatic heterocycles. The van der Waals surface area contributed by atoms with Crippen molar-refractivity contribution in [3.63, 3.8) is 0 Å². The van der Waals surface area contributed by atoms with Crippen LogP contribution in [0.4, 0.5) is 13.2 Å². The number of carbonyl (C=O) groups is 1. The van der Waals surface area contributed by atoms with Gasteiger partial charge in [-0.3, -0.25) is 14.8 Å². The number of aromatic nitrogens is 1. The standard InChI is InChI=1S/C10H10F3N3O2/c11-10(12,13)8-1-2-14-5-7(8)9(18)16-6-15-3-4-17/h1-2,5-6,17H,3-4H2,(H,15,16,18). The molecule has 0 spiro atoms. The first-order valence-electron chi connectivity index (χ1n) is 4.88. The van der Waals surface area contributed by atoms with E-state index in [2.05, 4.69) is 15.3 Å². The Morgan fingerprint density at radius 3 is 2.89 bits per heavy atom. The maximum Gasteiger partial charge on any atom is 0.417 e. The van der Waals surface area contributed by atoms with Crippen molar-refractivity contribution in [1.82, 2.24) is 10.3 Å². The SMILES string of the molecule is O=C(NC=NCCO)c1cnccc1C(F)(F)F. The highest BCUT2D eigenvalue weighted by Gasteiger charge is 2.35. The van der Waals surface area contributed by atoms with Gasteiger partial charge in [0.15, 0.2) is 0 Å². The number of amides is 1. The zero-order valence-electron chi connectivity index (χ0n) is 9.11. The van der Waals surface area contributed by atoms with E-state index in [1.54, 1.807) is 0 Å². The molecule has 0 fully saturated rings. The Morgan fingerprint density at radius 1 is 1.56 bits per heavy atom. The fourth-order valence-electron chi connectivity index (χ4n) is 1.13. The fourth-order valence-corrected chi connectivity index (χ4v) is 1.13. The van der Waals surface area contributed by atoms with Gasteiger partial charge in [0, 0.05) is 12.4 Å². The number of hydrogen-bond acceptors (Lipinski definition) is 4. The topological polar surface area (TPSA) is 74.6 Å². The molecule has 0 bridgehead atoms. The summed E-state index contributed by atoms with van der Waals surface area (Å²) in [5.74, 6) is -0.961. The van der Waals surface area contributed by atoms with Crippen molar-refractivity contribution in [2.75, 3.05) is 13.2 Å². The lowest BCUT2D eigenvalue weighted by Gasteiger charge is -2.10. The lowest BCUT2D eigenvalue weighted by atomic mass is 10.1. The third-order valence-electron chi connectivity index (χ3n) is 1.89. The van der Waals surface area contributed by atoms with Crippen LogP contribution in [0.3, 0.4) is 0 Å². The molecule has 1 aromatic rings. The van der Waals surface area contributed by atoms with Gasteiger partial charge >= 0.3 is 6.18 Å². The number of aliphatic hydroxyl groups excluding tert-OH is 1. The first kappa shape index (κ1) is 14.1. The molecule has 98 valence electrons. The summed E-state index contributed by atoms with van der Waals surface area (Å²) in [6.07, 6.45) is -1.90. The van der Waals surface area contributed by atoms with E-state index in [-0.39, 0.29) is 13.2 Å². The average Bonchev–Trinajstić information content (AvgIpc) is 2.33. The fraction of sp³-hybridized carbons (Fsp3) is 0.300. The van der Waals surface area contributed by atoms with Gasteiger partial charge in [0.25, 0.3) is 5.91 Å². The van der Waals surface area contributed by atoms with Crippen LogP contribution in [-0.4, -0.2) is 35.5 Å². The molecule has 2 N–H and O–H groups in total. The summed E-state index contributed by atoms with van der Waals surface area (Å²) < 4.78 is 37.7. The second-order valence-corrected chi connectivity index (χ2v) is 3.15. The molecular weight excluding hydrogens is 251 g/mol. The van der Waals surface area contributed by atoms with Gasteiger partial charge in [-0.15, -0.1) is 0 Å². The number of halogens is 3. The Kier molecular flexibility index (Phi) is 4.78. The molecule has 5 nitrogen and oxygen atoms in total. The van der Waals surface area contributed by atoms with Crippen molar-refractivity contribution >= 4 is 12.2 Å². The van der Waals surface area contributed by atoms with E-state index in [1.165, 1.54) is 0 Å². The average molecular weight is 261 g/mol. The minimum absolute atomic E-state index is 0.0550. The van der Waals surface area contributed by atoms with Gasteiger partial charge < -0.3 is 10.4 Å². The Morgan fingerprint density at radius 2 is 2.28 bits per heavy atom. The number of aliphatic hydroxyl groups is 1. The van der Waals surface area contributed by atoms with Gasteiger partial charge in [-0.05, 0) is 6.07 Å². The van der Waals surface area contributed by atoms with Crippen molar-refractivity contribution in [3.05, 3.63) is 29.6 Å². The second-order valence-electron chi connectivity index (χ2n) is 3.15. The highest BCUT2D eigenvalue weighted by molar-refractivity contribution is 6.01. The van der Waals surface area contributed by atoms with Crippen molar-refractivity contribution in [2.45, 2.75) is 6.18 Å². The molecular formula is C10H10F3N3O2. The summed E-state index contributed by atoms with van der Waals surface area (Å²) in [5, 5.41) is 10.5. The molecule has 1 aromatic heterocycles. The van der Waals surface area contributed by atoms with Crippen LogP contribution in [0, 0.1) is 0 Å². The zero-order chi connectivity index (χ0) is 13.6. The normalized spacial score (nSPS) is 11.8. The van der Waals surface area contributed by atoms with Crippen LogP contribution < -0.4 is 5.32 Å². The van der Waals surface area contributed by atoms with Crippen LogP contribution in [0.5, 0.6) is 0 Å². The van der Waals surface area contributed by atoms with E-state index in [1.807, 2.05) is 0 Å².